The predicted molar refractivity (Wildman–Crippen MR) is 119 cm³/mol. The summed E-state index contributed by atoms with van der Waals surface area (Å²) in [4.78, 5) is 19.6. The summed E-state index contributed by atoms with van der Waals surface area (Å²) in [5, 5.41) is 3.34. The van der Waals surface area contributed by atoms with Crippen molar-refractivity contribution in [1.29, 1.82) is 0 Å². The number of imidazole rings is 1. The predicted octanol–water partition coefficient (Wildman–Crippen LogP) is 4.29. The van der Waals surface area contributed by atoms with E-state index >= 15 is 0 Å². The molecule has 0 unspecified atom stereocenters. The standard InChI is InChI=1S/C22H30N4O2S/c1-4-28-22(27)18-5-7-19(8-6-18)24-21(29)17-9-11-25(12-10-17)13-20-14-26(15-23-20)16(2)3/h5-8,14-17H,4,9-13H2,1-3H3,(H,24,29). The molecule has 1 aliphatic rings. The van der Waals surface area contributed by atoms with Crippen molar-refractivity contribution < 1.29 is 9.53 Å². The lowest BCUT2D eigenvalue weighted by molar-refractivity contribution is 0.0526. The van der Waals surface area contributed by atoms with Gasteiger partial charge in [0.1, 0.15) is 0 Å². The summed E-state index contributed by atoms with van der Waals surface area (Å²) in [6.45, 7) is 9.43. The second-order valence-electron chi connectivity index (χ2n) is 7.74. The SMILES string of the molecule is CCOC(=O)c1ccc(NC(=S)C2CCN(Cc3cn(C(C)C)cn3)CC2)cc1. The number of nitrogens with zero attached hydrogens (tertiary/aromatic N) is 3. The number of likely N-dealkylation sites (tertiary alicyclic amines) is 1. The molecular formula is C22H30N4O2S. The molecule has 6 nitrogen and oxygen atoms in total. The lowest BCUT2D eigenvalue weighted by atomic mass is 9.96. The average Bonchev–Trinajstić information content (AvgIpc) is 3.18. The minimum absolute atomic E-state index is 0.299. The molecule has 1 aromatic heterocycles. The minimum atomic E-state index is -0.299. The van der Waals surface area contributed by atoms with Gasteiger partial charge in [0.25, 0.3) is 0 Å². The molecule has 0 aliphatic carbocycles. The summed E-state index contributed by atoms with van der Waals surface area (Å²) in [5.74, 6) is 0.0754. The molecule has 1 fully saturated rings. The maximum absolute atomic E-state index is 11.7. The third kappa shape index (κ3) is 5.87. The Morgan fingerprint density at radius 3 is 2.55 bits per heavy atom. The summed E-state index contributed by atoms with van der Waals surface area (Å²) in [6.07, 6.45) is 6.14. The van der Waals surface area contributed by atoms with Crippen LogP contribution in [0.3, 0.4) is 0 Å². The van der Waals surface area contributed by atoms with Gasteiger partial charge in [0.05, 0.1) is 29.2 Å². The van der Waals surface area contributed by atoms with Crippen LogP contribution in [-0.4, -0.2) is 45.1 Å². The molecule has 0 bridgehead atoms. The summed E-state index contributed by atoms with van der Waals surface area (Å²) in [7, 11) is 0. The van der Waals surface area contributed by atoms with Crippen LogP contribution in [0.15, 0.2) is 36.8 Å². The highest BCUT2D eigenvalue weighted by molar-refractivity contribution is 7.80. The van der Waals surface area contributed by atoms with E-state index in [1.54, 1.807) is 19.1 Å². The lowest BCUT2D eigenvalue weighted by Gasteiger charge is -2.32. The summed E-state index contributed by atoms with van der Waals surface area (Å²) < 4.78 is 7.16. The third-order valence-corrected chi connectivity index (χ3v) is 5.69. The molecule has 7 heteroatoms. The normalized spacial score (nSPS) is 15.4. The summed E-state index contributed by atoms with van der Waals surface area (Å²) in [5.41, 5.74) is 2.58. The average molecular weight is 415 g/mol. The number of hydrogen-bond donors (Lipinski definition) is 1. The van der Waals surface area contributed by atoms with Gasteiger partial charge in [-0.05, 0) is 71.0 Å². The van der Waals surface area contributed by atoms with Gasteiger partial charge in [-0.25, -0.2) is 9.78 Å². The molecule has 0 atom stereocenters. The number of rotatable bonds is 7. The van der Waals surface area contributed by atoms with Crippen molar-refractivity contribution in [3.8, 4) is 0 Å². The van der Waals surface area contributed by atoms with Gasteiger partial charge in [0, 0.05) is 30.4 Å². The van der Waals surface area contributed by atoms with E-state index in [1.165, 1.54) is 0 Å². The highest BCUT2D eigenvalue weighted by Gasteiger charge is 2.23. The zero-order valence-corrected chi connectivity index (χ0v) is 18.2. The van der Waals surface area contributed by atoms with Crippen LogP contribution in [0.1, 0.15) is 55.7 Å². The number of nitrogens with one attached hydrogen (secondary N) is 1. The Morgan fingerprint density at radius 2 is 1.97 bits per heavy atom. The molecule has 0 amide bonds. The van der Waals surface area contributed by atoms with Gasteiger partial charge in [0.2, 0.25) is 0 Å². The van der Waals surface area contributed by atoms with E-state index in [0.717, 1.165) is 48.8 Å². The van der Waals surface area contributed by atoms with Crippen LogP contribution in [0, 0.1) is 5.92 Å². The van der Waals surface area contributed by atoms with Crippen LogP contribution < -0.4 is 5.32 Å². The van der Waals surface area contributed by atoms with Crippen LogP contribution >= 0.6 is 12.2 Å². The van der Waals surface area contributed by atoms with Gasteiger partial charge in [-0.3, -0.25) is 4.90 Å². The Hall–Kier alpha value is -2.25. The maximum atomic E-state index is 11.7. The lowest BCUT2D eigenvalue weighted by Crippen LogP contribution is -2.37. The number of thiocarbonyl (C=S) groups is 1. The fourth-order valence-corrected chi connectivity index (χ4v) is 3.83. The van der Waals surface area contributed by atoms with Gasteiger partial charge >= 0.3 is 5.97 Å². The Labute approximate surface area is 178 Å². The first-order valence-electron chi connectivity index (χ1n) is 10.3. The Kier molecular flexibility index (Phi) is 7.39. The van der Waals surface area contributed by atoms with Crippen molar-refractivity contribution in [1.82, 2.24) is 14.5 Å². The smallest absolute Gasteiger partial charge is 0.338 e. The van der Waals surface area contributed by atoms with Crippen molar-refractivity contribution in [3.05, 3.63) is 48.0 Å². The number of aromatic nitrogens is 2. The molecule has 156 valence electrons. The van der Waals surface area contributed by atoms with Gasteiger partial charge in [0.15, 0.2) is 0 Å². The van der Waals surface area contributed by atoms with E-state index in [0.29, 0.717) is 24.1 Å². The number of esters is 1. The van der Waals surface area contributed by atoms with Crippen molar-refractivity contribution in [2.45, 2.75) is 46.2 Å². The number of carbonyl (C=O) groups is 1. The quantitative estimate of drug-likeness (QED) is 0.539. The second-order valence-corrected chi connectivity index (χ2v) is 8.18. The van der Waals surface area contributed by atoms with E-state index in [9.17, 15) is 4.79 Å². The highest BCUT2D eigenvalue weighted by Crippen LogP contribution is 2.22. The first-order chi connectivity index (χ1) is 14.0. The second kappa shape index (κ2) is 9.98. The van der Waals surface area contributed by atoms with Gasteiger partial charge in [-0.2, -0.15) is 0 Å². The van der Waals surface area contributed by atoms with E-state index in [-0.39, 0.29) is 5.97 Å². The first-order valence-corrected chi connectivity index (χ1v) is 10.7. The Morgan fingerprint density at radius 1 is 1.28 bits per heavy atom. The number of ether oxygens (including phenoxy) is 1. The van der Waals surface area contributed by atoms with Crippen molar-refractivity contribution >= 4 is 28.9 Å². The van der Waals surface area contributed by atoms with Crippen LogP contribution in [-0.2, 0) is 11.3 Å². The summed E-state index contributed by atoms with van der Waals surface area (Å²) in [6, 6.07) is 7.72. The first kappa shape index (κ1) is 21.5. The molecule has 3 rings (SSSR count). The molecule has 2 aromatic rings. The number of anilines is 1. The fraction of sp³-hybridized carbons (Fsp3) is 0.500. The van der Waals surface area contributed by atoms with Crippen molar-refractivity contribution in [3.63, 3.8) is 0 Å². The molecule has 29 heavy (non-hydrogen) atoms. The number of benzene rings is 1. The topological polar surface area (TPSA) is 59.4 Å². The molecule has 0 saturated carbocycles. The van der Waals surface area contributed by atoms with Crippen LogP contribution in [0.25, 0.3) is 0 Å². The zero-order chi connectivity index (χ0) is 20.8. The molecule has 1 N–H and O–H groups in total. The zero-order valence-electron chi connectivity index (χ0n) is 17.4. The molecule has 1 saturated heterocycles. The van der Waals surface area contributed by atoms with Gasteiger partial charge < -0.3 is 14.6 Å². The fourth-order valence-electron chi connectivity index (χ4n) is 3.47. The largest absolute Gasteiger partial charge is 0.462 e. The van der Waals surface area contributed by atoms with Gasteiger partial charge in [-0.1, -0.05) is 12.2 Å². The monoisotopic (exact) mass is 414 g/mol. The summed E-state index contributed by atoms with van der Waals surface area (Å²) >= 11 is 5.65. The maximum Gasteiger partial charge on any atom is 0.338 e. The molecule has 0 radical (unpaired) electrons. The number of piperidine rings is 1. The Balaban J connectivity index is 1.46. The minimum Gasteiger partial charge on any atom is -0.462 e. The molecule has 1 aliphatic heterocycles. The van der Waals surface area contributed by atoms with E-state index in [1.807, 2.05) is 18.5 Å². The molecule has 1 aromatic carbocycles. The van der Waals surface area contributed by atoms with Crippen molar-refractivity contribution in [2.75, 3.05) is 25.0 Å². The highest BCUT2D eigenvalue weighted by atomic mass is 32.1. The third-order valence-electron chi connectivity index (χ3n) is 5.26. The van der Waals surface area contributed by atoms with Gasteiger partial charge in [-0.15, -0.1) is 0 Å². The number of hydrogen-bond acceptors (Lipinski definition) is 5. The van der Waals surface area contributed by atoms with Crippen LogP contribution in [0.5, 0.6) is 0 Å². The molecule has 0 spiro atoms. The Bertz CT molecular complexity index is 824. The van der Waals surface area contributed by atoms with E-state index in [2.05, 4.69) is 39.8 Å². The van der Waals surface area contributed by atoms with Crippen LogP contribution in [0.2, 0.25) is 0 Å². The van der Waals surface area contributed by atoms with Crippen molar-refractivity contribution in [2.24, 2.45) is 5.92 Å². The van der Waals surface area contributed by atoms with Crippen LogP contribution in [0.4, 0.5) is 5.69 Å². The molecular weight excluding hydrogens is 384 g/mol. The van der Waals surface area contributed by atoms with E-state index in [4.69, 9.17) is 17.0 Å². The van der Waals surface area contributed by atoms with E-state index < -0.39 is 0 Å². The molecule has 2 heterocycles. The number of carbonyl (C=O) groups excluding carboxylic acids is 1.